The van der Waals surface area contributed by atoms with E-state index in [4.69, 9.17) is 5.11 Å². The van der Waals surface area contributed by atoms with Crippen molar-refractivity contribution >= 4 is 24.5 Å². The number of urea groups is 1. The minimum atomic E-state index is -0.966. The summed E-state index contributed by atoms with van der Waals surface area (Å²) < 4.78 is 0. The van der Waals surface area contributed by atoms with Crippen LogP contribution in [0.25, 0.3) is 6.08 Å². The summed E-state index contributed by atoms with van der Waals surface area (Å²) in [5.41, 5.74) is 3.07. The Morgan fingerprint density at radius 2 is 2.15 bits per heavy atom. The molecular weight excluding hydrogens is 260 g/mol. The van der Waals surface area contributed by atoms with Crippen molar-refractivity contribution in [2.45, 2.75) is 19.4 Å². The molecule has 3 N–H and O–H groups in total. The zero-order valence-corrected chi connectivity index (χ0v) is 10.8. The molecule has 0 aliphatic heterocycles. The van der Waals surface area contributed by atoms with Crippen LogP contribution in [0.1, 0.15) is 28.4 Å². The number of aromatic carboxylic acids is 1. The maximum atomic E-state index is 11.3. The highest BCUT2D eigenvalue weighted by Gasteiger charge is 2.19. The molecule has 0 spiro atoms. The molecule has 1 aliphatic carbocycles. The van der Waals surface area contributed by atoms with Gasteiger partial charge in [-0.05, 0) is 42.2 Å². The topological polar surface area (TPSA) is 95.5 Å². The first-order valence-electron chi connectivity index (χ1n) is 6.08. The fourth-order valence-corrected chi connectivity index (χ4v) is 2.16. The molecule has 20 heavy (non-hydrogen) atoms. The smallest absolute Gasteiger partial charge is 0.335 e. The molecule has 0 aromatic heterocycles. The van der Waals surface area contributed by atoms with Gasteiger partial charge in [0.25, 0.3) is 0 Å². The van der Waals surface area contributed by atoms with E-state index in [-0.39, 0.29) is 11.6 Å². The van der Waals surface area contributed by atoms with Crippen LogP contribution in [-0.4, -0.2) is 29.6 Å². The van der Waals surface area contributed by atoms with Crippen molar-refractivity contribution in [2.24, 2.45) is 0 Å². The summed E-state index contributed by atoms with van der Waals surface area (Å²) in [6.07, 6.45) is 2.84. The fraction of sp³-hybridized carbons (Fsp3) is 0.214. The molecule has 6 heteroatoms. The van der Waals surface area contributed by atoms with Gasteiger partial charge in [0, 0.05) is 6.04 Å². The number of carboxylic acids is 1. The Morgan fingerprint density at radius 1 is 1.40 bits per heavy atom. The van der Waals surface area contributed by atoms with Crippen molar-refractivity contribution in [1.82, 2.24) is 10.6 Å². The summed E-state index contributed by atoms with van der Waals surface area (Å²) in [4.78, 5) is 32.3. The van der Waals surface area contributed by atoms with Gasteiger partial charge in [-0.15, -0.1) is 0 Å². The van der Waals surface area contributed by atoms with Crippen LogP contribution in [0.4, 0.5) is 4.79 Å². The van der Waals surface area contributed by atoms with E-state index in [2.05, 4.69) is 5.32 Å². The predicted octanol–water partition coefficient (Wildman–Crippen LogP) is 1.17. The van der Waals surface area contributed by atoms with Gasteiger partial charge in [-0.1, -0.05) is 12.1 Å². The Kier molecular flexibility index (Phi) is 3.84. The first kappa shape index (κ1) is 13.8. The average Bonchev–Trinajstić information content (AvgIpc) is 2.81. The number of rotatable bonds is 4. The molecule has 0 bridgehead atoms. The molecule has 0 saturated carbocycles. The van der Waals surface area contributed by atoms with Crippen molar-refractivity contribution < 1.29 is 19.5 Å². The lowest BCUT2D eigenvalue weighted by Crippen LogP contribution is -2.41. The number of hydrogen-bond donors (Lipinski definition) is 3. The maximum absolute atomic E-state index is 11.3. The highest BCUT2D eigenvalue weighted by atomic mass is 16.4. The first-order chi connectivity index (χ1) is 9.51. The van der Waals surface area contributed by atoms with E-state index >= 15 is 0 Å². The molecule has 1 aliphatic rings. The van der Waals surface area contributed by atoms with Crippen LogP contribution in [0.15, 0.2) is 23.8 Å². The number of imide groups is 1. The summed E-state index contributed by atoms with van der Waals surface area (Å²) in [6, 6.07) is 4.16. The SMILES string of the molecule is CC(NC(=O)NC=O)C1=Cc2cc(C(=O)O)ccc2C1. The number of hydrogen-bond acceptors (Lipinski definition) is 3. The lowest BCUT2D eigenvalue weighted by atomic mass is 10.0. The van der Waals surface area contributed by atoms with E-state index in [0.29, 0.717) is 12.8 Å². The van der Waals surface area contributed by atoms with E-state index < -0.39 is 12.0 Å². The van der Waals surface area contributed by atoms with Crippen LogP contribution < -0.4 is 10.6 Å². The normalized spacial score (nSPS) is 13.9. The number of nitrogens with one attached hydrogen (secondary N) is 2. The highest BCUT2D eigenvalue weighted by molar-refractivity contribution is 5.89. The van der Waals surface area contributed by atoms with Crippen LogP contribution in [-0.2, 0) is 11.2 Å². The van der Waals surface area contributed by atoms with Gasteiger partial charge in [0.05, 0.1) is 5.56 Å². The van der Waals surface area contributed by atoms with Gasteiger partial charge < -0.3 is 10.4 Å². The van der Waals surface area contributed by atoms with Crippen LogP contribution >= 0.6 is 0 Å². The number of fused-ring (bicyclic) bond motifs is 1. The summed E-state index contributed by atoms with van der Waals surface area (Å²) in [5.74, 6) is -0.966. The van der Waals surface area contributed by atoms with E-state index in [1.165, 1.54) is 0 Å². The summed E-state index contributed by atoms with van der Waals surface area (Å²) in [6.45, 7) is 1.81. The van der Waals surface area contributed by atoms with Gasteiger partial charge in [0.1, 0.15) is 0 Å². The number of carbonyl (C=O) groups is 3. The van der Waals surface area contributed by atoms with Crippen LogP contribution in [0.3, 0.4) is 0 Å². The summed E-state index contributed by atoms with van der Waals surface area (Å²) in [7, 11) is 0. The third-order valence-corrected chi connectivity index (χ3v) is 3.22. The van der Waals surface area contributed by atoms with Crippen LogP contribution in [0.5, 0.6) is 0 Å². The van der Waals surface area contributed by atoms with Gasteiger partial charge in [-0.2, -0.15) is 0 Å². The molecule has 6 nitrogen and oxygen atoms in total. The Balaban J connectivity index is 2.12. The molecule has 2 rings (SSSR count). The van der Waals surface area contributed by atoms with Gasteiger partial charge in [0.2, 0.25) is 6.41 Å². The fourth-order valence-electron chi connectivity index (χ4n) is 2.16. The number of carbonyl (C=O) groups excluding carboxylic acids is 2. The van der Waals surface area contributed by atoms with Crippen LogP contribution in [0.2, 0.25) is 0 Å². The molecule has 0 heterocycles. The maximum Gasteiger partial charge on any atom is 0.335 e. The average molecular weight is 274 g/mol. The third kappa shape index (κ3) is 2.85. The zero-order chi connectivity index (χ0) is 14.7. The second-order valence-electron chi connectivity index (χ2n) is 4.57. The monoisotopic (exact) mass is 274 g/mol. The van der Waals surface area contributed by atoms with Gasteiger partial charge in [-0.3, -0.25) is 10.1 Å². The largest absolute Gasteiger partial charge is 0.478 e. The molecule has 104 valence electrons. The second-order valence-corrected chi connectivity index (χ2v) is 4.57. The Morgan fingerprint density at radius 3 is 2.80 bits per heavy atom. The third-order valence-electron chi connectivity index (χ3n) is 3.22. The lowest BCUT2D eigenvalue weighted by Gasteiger charge is -2.14. The van der Waals surface area contributed by atoms with E-state index in [0.717, 1.165) is 16.7 Å². The quantitative estimate of drug-likeness (QED) is 0.718. The van der Waals surface area contributed by atoms with E-state index in [1.807, 2.05) is 11.4 Å². The summed E-state index contributed by atoms with van der Waals surface area (Å²) in [5, 5.41) is 13.6. The zero-order valence-electron chi connectivity index (χ0n) is 10.8. The lowest BCUT2D eigenvalue weighted by molar-refractivity contribution is -0.108. The van der Waals surface area contributed by atoms with Crippen molar-refractivity contribution in [3.63, 3.8) is 0 Å². The van der Waals surface area contributed by atoms with Gasteiger partial charge >= 0.3 is 12.0 Å². The van der Waals surface area contributed by atoms with Gasteiger partial charge in [0.15, 0.2) is 0 Å². The number of benzene rings is 1. The molecule has 0 fully saturated rings. The van der Waals surface area contributed by atoms with Crippen molar-refractivity contribution in [1.29, 1.82) is 0 Å². The summed E-state index contributed by atoms with van der Waals surface area (Å²) >= 11 is 0. The first-order valence-corrected chi connectivity index (χ1v) is 6.08. The molecule has 1 unspecified atom stereocenters. The molecule has 0 radical (unpaired) electrons. The Hall–Kier alpha value is -2.63. The van der Waals surface area contributed by atoms with Crippen molar-refractivity contribution in [2.75, 3.05) is 0 Å². The van der Waals surface area contributed by atoms with E-state index in [1.54, 1.807) is 25.1 Å². The van der Waals surface area contributed by atoms with Crippen molar-refractivity contribution in [3.05, 3.63) is 40.5 Å². The van der Waals surface area contributed by atoms with Crippen LogP contribution in [0, 0.1) is 0 Å². The van der Waals surface area contributed by atoms with E-state index in [9.17, 15) is 14.4 Å². The highest BCUT2D eigenvalue weighted by Crippen LogP contribution is 2.27. The number of amides is 3. The Labute approximate surface area is 115 Å². The Bertz CT molecular complexity index is 607. The number of carboxylic acid groups (broad SMARTS) is 1. The molecule has 1 atom stereocenters. The molecule has 1 aromatic rings. The second kappa shape index (κ2) is 5.56. The van der Waals surface area contributed by atoms with Crippen molar-refractivity contribution in [3.8, 4) is 0 Å². The molecule has 3 amide bonds. The minimum Gasteiger partial charge on any atom is -0.478 e. The standard InChI is InChI=1S/C14H14N2O4/c1-8(16-14(20)15-7-17)11-4-9-2-3-10(13(18)19)5-12(9)6-11/h2-3,5-8H,4H2,1H3,(H,18,19)(H2,15,16,17,20). The minimum absolute atomic E-state index is 0.237. The molecule has 0 saturated heterocycles. The van der Waals surface area contributed by atoms with Gasteiger partial charge in [-0.25, -0.2) is 9.59 Å². The predicted molar refractivity (Wildman–Crippen MR) is 72.3 cm³/mol. The molecule has 1 aromatic carbocycles. The molecular formula is C14H14N2O4.